The average Bonchev–Trinajstić information content (AvgIpc) is 3.06. The van der Waals surface area contributed by atoms with Crippen LogP contribution in [-0.2, 0) is 9.59 Å². The SMILES string of the molecule is CC1(C)C(N(O)C(=O)Nc2ccc(Cl)c(Cl)c2)N(c2ccc(Cl)c(Cl)c2)C(=O)N1CC(=O)NCC(=O)NN. The zero-order valence-electron chi connectivity index (χ0n) is 20.0. The molecule has 0 bridgehead atoms. The van der Waals surface area contributed by atoms with Gasteiger partial charge in [-0.1, -0.05) is 46.4 Å². The molecule has 0 aromatic heterocycles. The lowest BCUT2D eigenvalue weighted by molar-refractivity contribution is -0.128. The average molecular weight is 607 g/mol. The monoisotopic (exact) mass is 605 g/mol. The molecule has 2 aromatic carbocycles. The number of carbonyl (C=O) groups is 4. The van der Waals surface area contributed by atoms with Crippen molar-refractivity contribution in [3.05, 3.63) is 56.5 Å². The molecular formula is C22H23Cl4N7O5. The number of nitrogens with one attached hydrogen (secondary N) is 3. The third kappa shape index (κ3) is 6.17. The van der Waals surface area contributed by atoms with Crippen LogP contribution < -0.4 is 26.8 Å². The van der Waals surface area contributed by atoms with Gasteiger partial charge in [0.05, 0.1) is 32.2 Å². The highest BCUT2D eigenvalue weighted by Crippen LogP contribution is 2.39. The van der Waals surface area contributed by atoms with Gasteiger partial charge in [-0.05, 0) is 50.2 Å². The summed E-state index contributed by atoms with van der Waals surface area (Å²) in [4.78, 5) is 52.9. The van der Waals surface area contributed by atoms with Gasteiger partial charge in [-0.2, -0.15) is 5.06 Å². The molecule has 1 heterocycles. The lowest BCUT2D eigenvalue weighted by atomic mass is 9.99. The van der Waals surface area contributed by atoms with Gasteiger partial charge in [0.2, 0.25) is 5.91 Å². The quantitative estimate of drug-likeness (QED) is 0.140. The third-order valence-corrected chi connectivity index (χ3v) is 7.19. The van der Waals surface area contributed by atoms with E-state index in [0.29, 0.717) is 5.06 Å². The number of benzene rings is 2. The van der Waals surface area contributed by atoms with Crippen LogP contribution in [0.1, 0.15) is 13.8 Å². The summed E-state index contributed by atoms with van der Waals surface area (Å²) in [6.45, 7) is 2.15. The van der Waals surface area contributed by atoms with Gasteiger partial charge >= 0.3 is 12.1 Å². The minimum atomic E-state index is -1.37. The van der Waals surface area contributed by atoms with Gasteiger partial charge < -0.3 is 15.5 Å². The first-order chi connectivity index (χ1) is 17.8. The second-order valence-electron chi connectivity index (χ2n) is 8.61. The molecule has 2 aromatic rings. The number of anilines is 2. The summed E-state index contributed by atoms with van der Waals surface area (Å²) in [6, 6.07) is 6.84. The van der Waals surface area contributed by atoms with E-state index in [0.717, 1.165) is 9.80 Å². The molecule has 204 valence electrons. The van der Waals surface area contributed by atoms with Crippen LogP contribution in [0.2, 0.25) is 20.1 Å². The van der Waals surface area contributed by atoms with Crippen molar-refractivity contribution in [1.82, 2.24) is 20.7 Å². The number of rotatable bonds is 7. The standard InChI is InChI=1S/C22H23Cl4N7O5/c1-22(2)19(33(38)20(36)29-11-3-5-13(23)15(25)7-11)32(12-4-6-14(24)16(26)8-12)21(37)31(22)10-18(35)28-9-17(34)30-27/h3-8,19,38H,9-10,27H2,1-2H3,(H,28,35)(H,29,36)(H,30,34). The molecule has 0 aliphatic carbocycles. The zero-order chi connectivity index (χ0) is 28.4. The Morgan fingerprint density at radius 2 is 1.61 bits per heavy atom. The van der Waals surface area contributed by atoms with Crippen molar-refractivity contribution in [2.75, 3.05) is 23.3 Å². The van der Waals surface area contributed by atoms with E-state index >= 15 is 0 Å². The molecule has 1 aliphatic rings. The molecule has 0 radical (unpaired) electrons. The molecule has 6 N–H and O–H groups in total. The Balaban J connectivity index is 1.96. The number of nitrogens with two attached hydrogens (primary N) is 1. The maximum atomic E-state index is 13.6. The van der Waals surface area contributed by atoms with Gasteiger partial charge in [0.1, 0.15) is 6.54 Å². The third-order valence-electron chi connectivity index (χ3n) is 5.71. The van der Waals surface area contributed by atoms with Gasteiger partial charge in [-0.25, -0.2) is 15.4 Å². The molecule has 1 unspecified atom stereocenters. The minimum absolute atomic E-state index is 0.113. The normalized spacial score (nSPS) is 16.3. The maximum absolute atomic E-state index is 13.6. The van der Waals surface area contributed by atoms with E-state index in [4.69, 9.17) is 52.2 Å². The highest BCUT2D eigenvalue weighted by atomic mass is 35.5. The first-order valence-corrected chi connectivity index (χ1v) is 12.3. The van der Waals surface area contributed by atoms with Gasteiger partial charge in [-0.3, -0.25) is 25.1 Å². The van der Waals surface area contributed by atoms with E-state index in [1.807, 2.05) is 5.43 Å². The van der Waals surface area contributed by atoms with E-state index in [1.165, 1.54) is 36.4 Å². The Morgan fingerprint density at radius 3 is 2.18 bits per heavy atom. The summed E-state index contributed by atoms with van der Waals surface area (Å²) in [5, 5.41) is 17.0. The van der Waals surface area contributed by atoms with E-state index in [2.05, 4.69) is 10.6 Å². The van der Waals surface area contributed by atoms with Crippen molar-refractivity contribution < 1.29 is 24.4 Å². The van der Waals surface area contributed by atoms with Crippen molar-refractivity contribution in [2.24, 2.45) is 5.84 Å². The summed E-state index contributed by atoms with van der Waals surface area (Å²) < 4.78 is 0. The first-order valence-electron chi connectivity index (χ1n) is 10.8. The predicted octanol–water partition coefficient (Wildman–Crippen LogP) is 3.68. The van der Waals surface area contributed by atoms with Crippen LogP contribution in [0.4, 0.5) is 21.0 Å². The smallest absolute Gasteiger partial charge is 0.345 e. The molecule has 16 heteroatoms. The summed E-state index contributed by atoms with van der Waals surface area (Å²) >= 11 is 24.1. The number of hydroxylamine groups is 2. The van der Waals surface area contributed by atoms with Crippen molar-refractivity contribution in [2.45, 2.75) is 25.6 Å². The molecule has 1 aliphatic heterocycles. The highest BCUT2D eigenvalue weighted by Gasteiger charge is 2.56. The Morgan fingerprint density at radius 1 is 1.00 bits per heavy atom. The van der Waals surface area contributed by atoms with Crippen molar-refractivity contribution in [1.29, 1.82) is 0 Å². The summed E-state index contributed by atoms with van der Waals surface area (Å²) in [5.74, 6) is 3.68. The fourth-order valence-electron chi connectivity index (χ4n) is 3.80. The molecule has 1 fully saturated rings. The van der Waals surface area contributed by atoms with E-state index in [-0.39, 0.29) is 31.5 Å². The second kappa shape index (κ2) is 11.8. The van der Waals surface area contributed by atoms with Gasteiger partial charge in [-0.15, -0.1) is 0 Å². The van der Waals surface area contributed by atoms with Crippen molar-refractivity contribution in [3.8, 4) is 0 Å². The largest absolute Gasteiger partial charge is 0.347 e. The highest BCUT2D eigenvalue weighted by molar-refractivity contribution is 6.42. The zero-order valence-corrected chi connectivity index (χ0v) is 23.0. The number of urea groups is 2. The summed E-state index contributed by atoms with van der Waals surface area (Å²) in [6.07, 6.45) is -1.37. The lowest BCUT2D eigenvalue weighted by Crippen LogP contribution is -2.58. The van der Waals surface area contributed by atoms with Gasteiger partial charge in [0.15, 0.2) is 6.17 Å². The number of nitrogens with zero attached hydrogens (tertiary/aromatic N) is 3. The van der Waals surface area contributed by atoms with Gasteiger partial charge in [0.25, 0.3) is 5.91 Å². The molecule has 1 atom stereocenters. The maximum Gasteiger partial charge on any atom is 0.347 e. The molecule has 0 spiro atoms. The van der Waals surface area contributed by atoms with Crippen LogP contribution >= 0.6 is 46.4 Å². The summed E-state index contributed by atoms with van der Waals surface area (Å²) in [5.41, 5.74) is 0.924. The minimum Gasteiger partial charge on any atom is -0.345 e. The number of amides is 6. The van der Waals surface area contributed by atoms with Crippen molar-refractivity contribution >= 4 is 81.7 Å². The van der Waals surface area contributed by atoms with Gasteiger partial charge in [0, 0.05) is 11.4 Å². The van der Waals surface area contributed by atoms with Crippen LogP contribution in [0.15, 0.2) is 36.4 Å². The molecule has 0 saturated carbocycles. The number of hydrogen-bond acceptors (Lipinski definition) is 6. The molecule has 6 amide bonds. The number of halogens is 4. The second-order valence-corrected chi connectivity index (χ2v) is 10.2. The fourth-order valence-corrected chi connectivity index (χ4v) is 4.39. The molecule has 12 nitrogen and oxygen atoms in total. The Labute approximate surface area is 237 Å². The predicted molar refractivity (Wildman–Crippen MR) is 143 cm³/mol. The van der Waals surface area contributed by atoms with E-state index in [9.17, 15) is 24.4 Å². The first kappa shape index (κ1) is 29.6. The van der Waals surface area contributed by atoms with Crippen LogP contribution in [0.3, 0.4) is 0 Å². The Hall–Kier alpha value is -3.00. The van der Waals surface area contributed by atoms with Crippen LogP contribution in [0.25, 0.3) is 0 Å². The summed E-state index contributed by atoms with van der Waals surface area (Å²) in [7, 11) is 0. The number of carbonyl (C=O) groups excluding carboxylic acids is 4. The lowest BCUT2D eigenvalue weighted by Gasteiger charge is -2.38. The van der Waals surface area contributed by atoms with Crippen LogP contribution in [-0.4, -0.2) is 63.8 Å². The fraction of sp³-hybridized carbons (Fsp3) is 0.273. The van der Waals surface area contributed by atoms with Crippen molar-refractivity contribution in [3.63, 3.8) is 0 Å². The van der Waals surface area contributed by atoms with E-state index < -0.39 is 48.7 Å². The Kier molecular flexibility index (Phi) is 9.18. The number of hydrogen-bond donors (Lipinski definition) is 5. The molecular weight excluding hydrogens is 584 g/mol. The molecule has 38 heavy (non-hydrogen) atoms. The van der Waals surface area contributed by atoms with Crippen LogP contribution in [0.5, 0.6) is 0 Å². The molecule has 3 rings (SSSR count). The van der Waals surface area contributed by atoms with Crippen LogP contribution in [0, 0.1) is 0 Å². The van der Waals surface area contributed by atoms with E-state index in [1.54, 1.807) is 13.8 Å². The number of hydrazine groups is 1. The Bertz CT molecular complexity index is 1280. The molecule has 1 saturated heterocycles. The topological polar surface area (TPSA) is 160 Å².